The molecule has 0 radical (unpaired) electrons. The molecule has 4 aromatic rings. The minimum Gasteiger partial charge on any atom is -0.467 e. The van der Waals surface area contributed by atoms with E-state index < -0.39 is 23.9 Å². The molecule has 4 N–H and O–H groups in total. The van der Waals surface area contributed by atoms with E-state index in [2.05, 4.69) is 27.0 Å². The number of amides is 3. The standard InChI is InChI=1S/C29H24ClN5O7/c1-16(32-29(38)39)27(36)33-19-6-3-5-17(11-19)21-13-23(20-9-8-18(30)12-25(20)42-15-40-2)34-26(22(21)14-31)35-28(37)24-7-4-10-41-24/h3-13,16,32H,15H2,1-2H3,(H,33,36)(H,38,39)(H,34,35,37)/t16-/m0/s1. The van der Waals surface area contributed by atoms with Crippen molar-refractivity contribution in [2.45, 2.75) is 13.0 Å². The fourth-order valence-electron chi connectivity index (χ4n) is 3.91. The van der Waals surface area contributed by atoms with Gasteiger partial charge in [0, 0.05) is 28.9 Å². The zero-order valence-corrected chi connectivity index (χ0v) is 23.1. The van der Waals surface area contributed by atoms with Crippen molar-refractivity contribution in [2.75, 3.05) is 24.5 Å². The SMILES string of the molecule is COCOc1cc(Cl)ccc1-c1cc(-c2cccc(NC(=O)[C@H](C)NC(=O)O)c2)c(C#N)c(NC(=O)c2ccco2)n1. The number of aromatic nitrogens is 1. The molecule has 214 valence electrons. The first kappa shape index (κ1) is 29.6. The summed E-state index contributed by atoms with van der Waals surface area (Å²) in [4.78, 5) is 40.9. The van der Waals surface area contributed by atoms with Crippen molar-refractivity contribution >= 4 is 41.0 Å². The van der Waals surface area contributed by atoms with E-state index in [1.165, 1.54) is 26.4 Å². The van der Waals surface area contributed by atoms with Crippen LogP contribution in [0.2, 0.25) is 5.02 Å². The van der Waals surface area contributed by atoms with Crippen LogP contribution < -0.4 is 20.7 Å². The second kappa shape index (κ2) is 13.3. The lowest BCUT2D eigenvalue weighted by atomic mass is 9.97. The van der Waals surface area contributed by atoms with Gasteiger partial charge in [-0.25, -0.2) is 9.78 Å². The molecule has 0 saturated heterocycles. The highest BCUT2D eigenvalue weighted by atomic mass is 35.5. The molecule has 0 saturated carbocycles. The van der Waals surface area contributed by atoms with Gasteiger partial charge in [0.2, 0.25) is 5.91 Å². The quantitative estimate of drug-likeness (QED) is 0.177. The van der Waals surface area contributed by atoms with Crippen LogP contribution >= 0.6 is 11.6 Å². The highest BCUT2D eigenvalue weighted by Crippen LogP contribution is 2.38. The zero-order chi connectivity index (χ0) is 30.2. The summed E-state index contributed by atoms with van der Waals surface area (Å²) in [5.74, 6) is -0.903. The average Bonchev–Trinajstić information content (AvgIpc) is 3.51. The van der Waals surface area contributed by atoms with Crippen LogP contribution in [0.4, 0.5) is 16.3 Å². The molecule has 0 fully saturated rings. The summed E-state index contributed by atoms with van der Waals surface area (Å²) in [7, 11) is 1.47. The number of methoxy groups -OCH3 is 1. The molecule has 2 heterocycles. The van der Waals surface area contributed by atoms with Crippen molar-refractivity contribution in [1.82, 2.24) is 10.3 Å². The molecule has 0 aliphatic carbocycles. The third kappa shape index (κ3) is 7.03. The Hall–Kier alpha value is -5.38. The Labute approximate surface area is 244 Å². The van der Waals surface area contributed by atoms with Crippen LogP contribution in [0.1, 0.15) is 23.0 Å². The Kier molecular flexibility index (Phi) is 9.39. The molecule has 1 atom stereocenters. The minimum absolute atomic E-state index is 0.0112. The van der Waals surface area contributed by atoms with Crippen LogP contribution in [0, 0.1) is 11.3 Å². The van der Waals surface area contributed by atoms with Crippen LogP contribution in [-0.4, -0.2) is 47.9 Å². The Bertz CT molecular complexity index is 1670. The maximum atomic E-state index is 12.9. The zero-order valence-electron chi connectivity index (χ0n) is 22.3. The molecular formula is C29H24ClN5O7. The maximum absolute atomic E-state index is 12.9. The Balaban J connectivity index is 1.84. The molecule has 0 bridgehead atoms. The Morgan fingerprint density at radius 1 is 1.10 bits per heavy atom. The topological polar surface area (TPSA) is 176 Å². The van der Waals surface area contributed by atoms with E-state index in [0.717, 1.165) is 0 Å². The first-order valence-electron chi connectivity index (χ1n) is 12.3. The number of anilines is 2. The van der Waals surface area contributed by atoms with Crippen LogP contribution in [0.5, 0.6) is 5.75 Å². The first-order chi connectivity index (χ1) is 20.2. The lowest BCUT2D eigenvalue weighted by molar-refractivity contribution is -0.117. The van der Waals surface area contributed by atoms with Crippen molar-refractivity contribution in [3.05, 3.63) is 83.3 Å². The van der Waals surface area contributed by atoms with Gasteiger partial charge in [-0.2, -0.15) is 5.26 Å². The first-order valence-corrected chi connectivity index (χ1v) is 12.7. The number of benzene rings is 2. The number of nitrogens with zero attached hydrogens (tertiary/aromatic N) is 2. The van der Waals surface area contributed by atoms with Gasteiger partial charge in [-0.3, -0.25) is 9.59 Å². The molecule has 0 aliphatic rings. The summed E-state index contributed by atoms with van der Waals surface area (Å²) in [6.45, 7) is 1.33. The number of rotatable bonds is 10. The molecule has 4 rings (SSSR count). The van der Waals surface area contributed by atoms with E-state index in [1.54, 1.807) is 54.6 Å². The number of hydrogen-bond donors (Lipinski definition) is 4. The fourth-order valence-corrected chi connectivity index (χ4v) is 4.07. The number of carboxylic acid groups (broad SMARTS) is 1. The van der Waals surface area contributed by atoms with Gasteiger partial charge < -0.3 is 34.9 Å². The largest absolute Gasteiger partial charge is 0.467 e. The molecule has 2 aromatic carbocycles. The number of furan rings is 1. The summed E-state index contributed by atoms with van der Waals surface area (Å²) in [6.07, 6.45) is 0.00404. The summed E-state index contributed by atoms with van der Waals surface area (Å²) < 4.78 is 15.9. The van der Waals surface area contributed by atoms with Crippen LogP contribution in [-0.2, 0) is 9.53 Å². The van der Waals surface area contributed by atoms with E-state index in [1.807, 2.05) is 0 Å². The molecule has 42 heavy (non-hydrogen) atoms. The van der Waals surface area contributed by atoms with E-state index >= 15 is 0 Å². The monoisotopic (exact) mass is 589 g/mol. The summed E-state index contributed by atoms with van der Waals surface area (Å²) in [5, 5.41) is 26.9. The molecule has 0 aliphatic heterocycles. The minimum atomic E-state index is -1.34. The molecule has 0 spiro atoms. The number of ether oxygens (including phenoxy) is 2. The number of halogens is 1. The van der Waals surface area contributed by atoms with E-state index in [9.17, 15) is 19.6 Å². The van der Waals surface area contributed by atoms with E-state index in [0.29, 0.717) is 38.8 Å². The molecule has 13 heteroatoms. The highest BCUT2D eigenvalue weighted by molar-refractivity contribution is 6.30. The van der Waals surface area contributed by atoms with Crippen LogP contribution in [0.25, 0.3) is 22.4 Å². The van der Waals surface area contributed by atoms with Gasteiger partial charge in [0.15, 0.2) is 18.4 Å². The van der Waals surface area contributed by atoms with Gasteiger partial charge in [0.25, 0.3) is 5.91 Å². The summed E-state index contributed by atoms with van der Waals surface area (Å²) in [6, 6.07) is 17.2. The second-order valence-corrected chi connectivity index (χ2v) is 9.19. The number of carbonyl (C=O) groups is 3. The lowest BCUT2D eigenvalue weighted by Gasteiger charge is -2.16. The summed E-state index contributed by atoms with van der Waals surface area (Å²) in [5.41, 5.74) is 2.07. The third-order valence-electron chi connectivity index (χ3n) is 5.83. The molecule has 0 unspecified atom stereocenters. The van der Waals surface area contributed by atoms with E-state index in [-0.39, 0.29) is 23.9 Å². The highest BCUT2D eigenvalue weighted by Gasteiger charge is 2.21. The maximum Gasteiger partial charge on any atom is 0.405 e. The van der Waals surface area contributed by atoms with Crippen LogP contribution in [0.3, 0.4) is 0 Å². The van der Waals surface area contributed by atoms with Crippen LogP contribution in [0.15, 0.2) is 71.3 Å². The second-order valence-electron chi connectivity index (χ2n) is 8.75. The smallest absolute Gasteiger partial charge is 0.405 e. The number of nitriles is 1. The van der Waals surface area contributed by atoms with Crippen molar-refractivity contribution < 1.29 is 33.4 Å². The van der Waals surface area contributed by atoms with Gasteiger partial charge in [-0.15, -0.1) is 0 Å². The van der Waals surface area contributed by atoms with Crippen molar-refractivity contribution in [3.8, 4) is 34.2 Å². The van der Waals surface area contributed by atoms with Gasteiger partial charge in [0.1, 0.15) is 23.4 Å². The number of nitrogens with one attached hydrogen (secondary N) is 3. The number of hydrogen-bond acceptors (Lipinski definition) is 8. The van der Waals surface area contributed by atoms with Gasteiger partial charge in [-0.05, 0) is 61.0 Å². The predicted molar refractivity (Wildman–Crippen MR) is 153 cm³/mol. The average molecular weight is 590 g/mol. The number of pyridine rings is 1. The van der Waals surface area contributed by atoms with Gasteiger partial charge in [-0.1, -0.05) is 23.7 Å². The molecular weight excluding hydrogens is 566 g/mol. The molecule has 12 nitrogen and oxygen atoms in total. The Morgan fingerprint density at radius 2 is 1.90 bits per heavy atom. The Morgan fingerprint density at radius 3 is 2.60 bits per heavy atom. The third-order valence-corrected chi connectivity index (χ3v) is 6.07. The van der Waals surface area contributed by atoms with Gasteiger partial charge >= 0.3 is 6.09 Å². The molecule has 3 amide bonds. The lowest BCUT2D eigenvalue weighted by Crippen LogP contribution is -2.40. The molecule has 2 aromatic heterocycles. The summed E-state index contributed by atoms with van der Waals surface area (Å²) >= 11 is 6.20. The normalized spacial score (nSPS) is 11.2. The van der Waals surface area contributed by atoms with Crippen molar-refractivity contribution in [1.29, 1.82) is 5.26 Å². The number of carbonyl (C=O) groups excluding carboxylic acids is 2. The van der Waals surface area contributed by atoms with Crippen molar-refractivity contribution in [3.63, 3.8) is 0 Å². The van der Waals surface area contributed by atoms with E-state index in [4.69, 9.17) is 30.6 Å². The predicted octanol–water partition coefficient (Wildman–Crippen LogP) is 5.36. The fraction of sp³-hybridized carbons (Fsp3) is 0.138. The van der Waals surface area contributed by atoms with Crippen molar-refractivity contribution in [2.24, 2.45) is 0 Å². The van der Waals surface area contributed by atoms with Gasteiger partial charge in [0.05, 0.1) is 12.0 Å².